The third-order valence-corrected chi connectivity index (χ3v) is 4.83. The van der Waals surface area contributed by atoms with Gasteiger partial charge in [0.15, 0.2) is 17.5 Å². The molecule has 1 N–H and O–H groups in total. The zero-order valence-electron chi connectivity index (χ0n) is 15.2. The van der Waals surface area contributed by atoms with Gasteiger partial charge in [-0.1, -0.05) is 17.7 Å². The molecule has 150 valence electrons. The molecule has 3 heterocycles. The second-order valence-electron chi connectivity index (χ2n) is 6.51. The van der Waals surface area contributed by atoms with E-state index in [1.807, 2.05) is 0 Å². The summed E-state index contributed by atoms with van der Waals surface area (Å²) in [6.45, 7) is 1.11. The van der Waals surface area contributed by atoms with Gasteiger partial charge in [-0.3, -0.25) is 0 Å². The molecular formula is C19H16ClF2N5O2. The molecule has 1 saturated heterocycles. The predicted octanol–water partition coefficient (Wildman–Crippen LogP) is 4.68. The Labute approximate surface area is 169 Å². The molecule has 4 rings (SSSR count). The van der Waals surface area contributed by atoms with E-state index in [-0.39, 0.29) is 27.6 Å². The first kappa shape index (κ1) is 19.3. The Morgan fingerprint density at radius 3 is 2.76 bits per heavy atom. The highest BCUT2D eigenvalue weighted by Gasteiger charge is 2.22. The molecular weight excluding hydrogens is 404 g/mol. The van der Waals surface area contributed by atoms with Crippen LogP contribution in [0.1, 0.15) is 19.3 Å². The van der Waals surface area contributed by atoms with Crippen molar-refractivity contribution in [2.45, 2.75) is 19.3 Å². The number of amides is 1. The number of anilines is 2. The first-order valence-corrected chi connectivity index (χ1v) is 9.40. The topological polar surface area (TPSA) is 80.2 Å². The normalized spacial score (nSPS) is 14.1. The minimum atomic E-state index is -0.832. The average molecular weight is 420 g/mol. The first-order valence-electron chi connectivity index (χ1n) is 9.02. The number of pyridine rings is 1. The molecule has 2 aromatic heterocycles. The van der Waals surface area contributed by atoms with E-state index >= 15 is 0 Å². The summed E-state index contributed by atoms with van der Waals surface area (Å²) in [6, 6.07) is 5.53. The lowest BCUT2D eigenvalue weighted by Gasteiger charge is -2.25. The van der Waals surface area contributed by atoms with Gasteiger partial charge >= 0.3 is 6.09 Å². The van der Waals surface area contributed by atoms with Crippen molar-refractivity contribution in [1.82, 2.24) is 19.9 Å². The van der Waals surface area contributed by atoms with Crippen molar-refractivity contribution in [1.29, 1.82) is 0 Å². The van der Waals surface area contributed by atoms with Crippen LogP contribution < -0.4 is 10.1 Å². The fourth-order valence-corrected chi connectivity index (χ4v) is 3.23. The molecule has 0 bridgehead atoms. The number of fused-ring (bicyclic) bond motifs is 1. The Bertz CT molecular complexity index is 1080. The molecule has 0 aliphatic carbocycles. The molecule has 3 aromatic rings. The van der Waals surface area contributed by atoms with Crippen LogP contribution in [0.2, 0.25) is 5.02 Å². The van der Waals surface area contributed by atoms with Crippen LogP contribution in [0.15, 0.2) is 30.6 Å². The Kier molecular flexibility index (Phi) is 5.39. The van der Waals surface area contributed by atoms with Crippen molar-refractivity contribution in [3.63, 3.8) is 0 Å². The smallest absolute Gasteiger partial charge is 0.388 e. The minimum Gasteiger partial charge on any atom is -0.388 e. The second kappa shape index (κ2) is 8.12. The number of aromatic nitrogens is 3. The van der Waals surface area contributed by atoms with Crippen molar-refractivity contribution in [2.75, 3.05) is 18.4 Å². The van der Waals surface area contributed by atoms with Crippen molar-refractivity contribution in [3.05, 3.63) is 47.2 Å². The molecule has 1 fully saturated rings. The second-order valence-corrected chi connectivity index (χ2v) is 6.91. The number of nitrogens with one attached hydrogen (secondary N) is 1. The highest BCUT2D eigenvalue weighted by molar-refractivity contribution is 6.31. The van der Waals surface area contributed by atoms with E-state index in [0.717, 1.165) is 25.3 Å². The average Bonchev–Trinajstić information content (AvgIpc) is 2.73. The van der Waals surface area contributed by atoms with Gasteiger partial charge in [0.05, 0.1) is 16.2 Å². The maximum absolute atomic E-state index is 14.4. The van der Waals surface area contributed by atoms with Crippen molar-refractivity contribution in [2.24, 2.45) is 0 Å². The summed E-state index contributed by atoms with van der Waals surface area (Å²) in [6.07, 6.45) is 3.31. The summed E-state index contributed by atoms with van der Waals surface area (Å²) in [5.41, 5.74) is 0.352. The SMILES string of the molecule is O=C(Oc1nc2c(Nc3cccc(Cl)c3F)ncnc2cc1F)N1CCCCC1. The molecule has 1 aliphatic heterocycles. The van der Waals surface area contributed by atoms with Gasteiger partial charge in [0.25, 0.3) is 5.88 Å². The number of ether oxygens (including phenoxy) is 1. The highest BCUT2D eigenvalue weighted by atomic mass is 35.5. The van der Waals surface area contributed by atoms with Crippen LogP contribution in [-0.4, -0.2) is 39.0 Å². The zero-order valence-corrected chi connectivity index (χ0v) is 15.9. The number of likely N-dealkylation sites (tertiary alicyclic amines) is 1. The van der Waals surface area contributed by atoms with Crippen LogP contribution in [0.3, 0.4) is 0 Å². The Hall–Kier alpha value is -3.07. The molecule has 0 unspecified atom stereocenters. The van der Waals surface area contributed by atoms with E-state index in [9.17, 15) is 13.6 Å². The molecule has 0 spiro atoms. The third-order valence-electron chi connectivity index (χ3n) is 4.53. The van der Waals surface area contributed by atoms with Crippen LogP contribution in [-0.2, 0) is 0 Å². The Morgan fingerprint density at radius 1 is 1.17 bits per heavy atom. The van der Waals surface area contributed by atoms with E-state index in [2.05, 4.69) is 20.3 Å². The quantitative estimate of drug-likeness (QED) is 0.663. The predicted molar refractivity (Wildman–Crippen MR) is 103 cm³/mol. The Morgan fingerprint density at radius 2 is 1.97 bits per heavy atom. The van der Waals surface area contributed by atoms with E-state index in [1.54, 1.807) is 6.07 Å². The molecule has 29 heavy (non-hydrogen) atoms. The number of carbonyl (C=O) groups excluding carboxylic acids is 1. The molecule has 7 nitrogen and oxygen atoms in total. The minimum absolute atomic E-state index is 0.0653. The van der Waals surface area contributed by atoms with Gasteiger partial charge in [-0.05, 0) is 31.4 Å². The van der Waals surface area contributed by atoms with Crippen LogP contribution in [0.5, 0.6) is 5.88 Å². The number of hydrogen-bond acceptors (Lipinski definition) is 6. The molecule has 1 aliphatic rings. The molecule has 1 amide bonds. The Balaban J connectivity index is 1.67. The van der Waals surface area contributed by atoms with Crippen molar-refractivity contribution < 1.29 is 18.3 Å². The summed E-state index contributed by atoms with van der Waals surface area (Å²) < 4.78 is 33.8. The number of piperidine rings is 1. The molecule has 0 radical (unpaired) electrons. The van der Waals surface area contributed by atoms with Gasteiger partial charge in [-0.2, -0.15) is 0 Å². The summed E-state index contributed by atoms with van der Waals surface area (Å²) >= 11 is 5.80. The van der Waals surface area contributed by atoms with Gasteiger partial charge in [0.1, 0.15) is 11.8 Å². The summed E-state index contributed by atoms with van der Waals surface area (Å²) in [4.78, 5) is 25.9. The van der Waals surface area contributed by atoms with Gasteiger partial charge in [0.2, 0.25) is 0 Å². The third kappa shape index (κ3) is 4.04. The molecule has 10 heteroatoms. The largest absolute Gasteiger partial charge is 0.416 e. The standard InChI is InChI=1S/C19H16ClF2N5O2/c20-11-5-4-6-13(15(11)22)25-17-16-14(23-10-24-17)9-12(21)18(26-16)29-19(28)27-7-2-1-3-8-27/h4-6,9-10H,1-3,7-8H2,(H,23,24,25). The van der Waals surface area contributed by atoms with E-state index in [1.165, 1.54) is 23.4 Å². The maximum Gasteiger partial charge on any atom is 0.416 e. The van der Waals surface area contributed by atoms with Crippen molar-refractivity contribution in [3.8, 4) is 5.88 Å². The van der Waals surface area contributed by atoms with E-state index < -0.39 is 23.6 Å². The monoisotopic (exact) mass is 419 g/mol. The number of hydrogen-bond donors (Lipinski definition) is 1. The number of nitrogens with zero attached hydrogens (tertiary/aromatic N) is 4. The lowest BCUT2D eigenvalue weighted by Crippen LogP contribution is -2.37. The van der Waals surface area contributed by atoms with Crippen molar-refractivity contribution >= 4 is 40.2 Å². The van der Waals surface area contributed by atoms with E-state index in [0.29, 0.717) is 13.1 Å². The molecule has 0 saturated carbocycles. The van der Waals surface area contributed by atoms with Gasteiger partial charge in [0, 0.05) is 19.2 Å². The van der Waals surface area contributed by atoms with Crippen LogP contribution in [0.25, 0.3) is 11.0 Å². The molecule has 1 aromatic carbocycles. The number of benzene rings is 1. The number of halogens is 3. The highest BCUT2D eigenvalue weighted by Crippen LogP contribution is 2.29. The lowest BCUT2D eigenvalue weighted by atomic mass is 10.1. The maximum atomic E-state index is 14.4. The zero-order chi connectivity index (χ0) is 20.4. The van der Waals surface area contributed by atoms with Crippen LogP contribution in [0, 0.1) is 11.6 Å². The lowest BCUT2D eigenvalue weighted by molar-refractivity contribution is 0.139. The van der Waals surface area contributed by atoms with Gasteiger partial charge in [-0.25, -0.2) is 28.5 Å². The van der Waals surface area contributed by atoms with Gasteiger partial charge in [-0.15, -0.1) is 0 Å². The summed E-state index contributed by atoms with van der Waals surface area (Å²) in [5, 5.41) is 2.71. The number of rotatable bonds is 3. The van der Waals surface area contributed by atoms with Crippen LogP contribution in [0.4, 0.5) is 25.1 Å². The van der Waals surface area contributed by atoms with E-state index in [4.69, 9.17) is 16.3 Å². The summed E-state index contributed by atoms with van der Waals surface area (Å²) in [7, 11) is 0. The van der Waals surface area contributed by atoms with Crippen LogP contribution >= 0.6 is 11.6 Å². The number of carbonyl (C=O) groups is 1. The fraction of sp³-hybridized carbons (Fsp3) is 0.263. The first-order chi connectivity index (χ1) is 14.0. The summed E-state index contributed by atoms with van der Waals surface area (Å²) in [5.74, 6) is -1.87. The van der Waals surface area contributed by atoms with Gasteiger partial charge < -0.3 is 15.0 Å². The fourth-order valence-electron chi connectivity index (χ4n) is 3.06. The molecule has 0 atom stereocenters.